The monoisotopic (exact) mass is 780 g/mol. The fourth-order valence-corrected chi connectivity index (χ4v) is 7.38. The second-order valence-corrected chi connectivity index (χ2v) is 14.6. The molecule has 0 aliphatic carbocycles. The highest BCUT2D eigenvalue weighted by molar-refractivity contribution is 5.98. The van der Waals surface area contributed by atoms with Gasteiger partial charge in [0.2, 0.25) is 23.6 Å². The molecular formula is C43H52N6O8. The zero-order chi connectivity index (χ0) is 40.1. The number of ether oxygens (including phenoxy) is 3. The molecule has 0 radical (unpaired) electrons. The van der Waals surface area contributed by atoms with Crippen LogP contribution in [0.3, 0.4) is 0 Å². The van der Waals surface area contributed by atoms with Crippen molar-refractivity contribution < 1.29 is 38.2 Å². The van der Waals surface area contributed by atoms with E-state index in [2.05, 4.69) is 20.9 Å². The molecule has 0 saturated carbocycles. The smallest absolute Gasteiger partial charge is 0.308 e. The summed E-state index contributed by atoms with van der Waals surface area (Å²) in [5.41, 5.74) is 8.69. The van der Waals surface area contributed by atoms with Crippen LogP contribution in [0.25, 0.3) is 10.9 Å². The van der Waals surface area contributed by atoms with E-state index in [1.165, 1.54) is 4.90 Å². The number of benzene rings is 3. The number of amides is 4. The zero-order valence-corrected chi connectivity index (χ0v) is 32.2. The normalized spacial score (nSPS) is 22.1. The van der Waals surface area contributed by atoms with Crippen LogP contribution in [-0.2, 0) is 57.4 Å². The van der Waals surface area contributed by atoms with Gasteiger partial charge in [-0.05, 0) is 36.1 Å². The molecule has 6 atom stereocenters. The van der Waals surface area contributed by atoms with Crippen molar-refractivity contribution in [2.24, 2.45) is 5.73 Å². The van der Waals surface area contributed by atoms with E-state index in [1.807, 2.05) is 84.9 Å². The first-order valence-corrected chi connectivity index (χ1v) is 19.6. The molecule has 2 aliphatic rings. The minimum absolute atomic E-state index is 0.00585. The lowest BCUT2D eigenvalue weighted by molar-refractivity contribution is -0.152. The fraction of sp³-hybridized carbons (Fsp3) is 0.419. The molecule has 2 saturated heterocycles. The molecule has 4 aromatic rings. The van der Waals surface area contributed by atoms with Gasteiger partial charge < -0.3 is 45.8 Å². The average molecular weight is 781 g/mol. The van der Waals surface area contributed by atoms with Crippen molar-refractivity contribution >= 4 is 40.5 Å². The number of rotatable bonds is 16. The molecular weight excluding hydrogens is 729 g/mol. The molecule has 57 heavy (non-hydrogen) atoms. The van der Waals surface area contributed by atoms with Crippen molar-refractivity contribution in [1.82, 2.24) is 25.8 Å². The maximum atomic E-state index is 14.7. The number of aromatic nitrogens is 1. The summed E-state index contributed by atoms with van der Waals surface area (Å²) in [6.45, 7) is 3.48. The third kappa shape index (κ3) is 11.3. The number of fused-ring (bicyclic) bond motifs is 2. The number of para-hydroxylation sites is 1. The van der Waals surface area contributed by atoms with Crippen molar-refractivity contribution in [2.45, 2.75) is 81.8 Å². The van der Waals surface area contributed by atoms with Crippen LogP contribution in [0.5, 0.6) is 0 Å². The van der Waals surface area contributed by atoms with Crippen molar-refractivity contribution in [1.29, 1.82) is 0 Å². The lowest BCUT2D eigenvalue weighted by Crippen LogP contribution is -2.62. The molecule has 302 valence electrons. The number of hydrogen-bond donors (Lipinski definition) is 5. The van der Waals surface area contributed by atoms with Gasteiger partial charge in [0.05, 0.1) is 25.7 Å². The van der Waals surface area contributed by atoms with Gasteiger partial charge in [-0.25, -0.2) is 0 Å². The van der Waals surface area contributed by atoms with Gasteiger partial charge in [0.25, 0.3) is 0 Å². The van der Waals surface area contributed by atoms with Gasteiger partial charge in [-0.15, -0.1) is 0 Å². The molecule has 0 bridgehead atoms. The van der Waals surface area contributed by atoms with Crippen LogP contribution in [0.4, 0.5) is 0 Å². The molecule has 0 spiro atoms. The Labute approximate surface area is 332 Å². The summed E-state index contributed by atoms with van der Waals surface area (Å²) < 4.78 is 17.0. The quantitative estimate of drug-likeness (QED) is 0.0839. The van der Waals surface area contributed by atoms with Crippen LogP contribution in [0.2, 0.25) is 0 Å². The van der Waals surface area contributed by atoms with Crippen LogP contribution in [0.1, 0.15) is 42.9 Å². The van der Waals surface area contributed by atoms with Gasteiger partial charge in [0.15, 0.2) is 0 Å². The maximum Gasteiger partial charge on any atom is 0.308 e. The van der Waals surface area contributed by atoms with Crippen molar-refractivity contribution in [3.8, 4) is 0 Å². The predicted molar refractivity (Wildman–Crippen MR) is 213 cm³/mol. The van der Waals surface area contributed by atoms with Crippen LogP contribution >= 0.6 is 0 Å². The summed E-state index contributed by atoms with van der Waals surface area (Å²) in [6, 6.07) is 21.7. The van der Waals surface area contributed by atoms with Gasteiger partial charge >= 0.3 is 5.97 Å². The molecule has 1 aromatic heterocycles. The van der Waals surface area contributed by atoms with Gasteiger partial charge in [0.1, 0.15) is 30.3 Å². The van der Waals surface area contributed by atoms with Gasteiger partial charge in [-0.2, -0.15) is 0 Å². The molecule has 3 aromatic carbocycles. The Morgan fingerprint density at radius 3 is 2.09 bits per heavy atom. The number of hydrogen-bond acceptors (Lipinski definition) is 9. The molecule has 3 heterocycles. The van der Waals surface area contributed by atoms with E-state index in [-0.39, 0.29) is 38.6 Å². The van der Waals surface area contributed by atoms with Gasteiger partial charge in [0, 0.05) is 62.5 Å². The number of esters is 1. The lowest BCUT2D eigenvalue weighted by atomic mass is 9.99. The fourth-order valence-electron chi connectivity index (χ4n) is 7.38. The highest BCUT2D eigenvalue weighted by atomic mass is 16.5. The van der Waals surface area contributed by atoms with Crippen molar-refractivity contribution in [2.75, 3.05) is 32.9 Å². The van der Waals surface area contributed by atoms with Crippen LogP contribution < -0.4 is 21.7 Å². The molecule has 2 fully saturated rings. The van der Waals surface area contributed by atoms with E-state index < -0.39 is 66.0 Å². The summed E-state index contributed by atoms with van der Waals surface area (Å²) in [7, 11) is 0. The third-order valence-corrected chi connectivity index (χ3v) is 10.2. The molecule has 6 N–H and O–H groups in total. The maximum absolute atomic E-state index is 14.7. The van der Waals surface area contributed by atoms with Gasteiger partial charge in [-0.1, -0.05) is 78.9 Å². The zero-order valence-electron chi connectivity index (χ0n) is 32.2. The molecule has 1 unspecified atom stereocenters. The Kier molecular flexibility index (Phi) is 14.4. The van der Waals surface area contributed by atoms with E-state index in [0.29, 0.717) is 32.8 Å². The number of nitrogens with two attached hydrogens (primary N) is 1. The predicted octanol–water partition coefficient (Wildman–Crippen LogP) is 2.34. The Balaban J connectivity index is 1.26. The average Bonchev–Trinajstić information content (AvgIpc) is 3.82. The Hall–Kier alpha value is -5.57. The number of nitrogens with zero attached hydrogens (tertiary/aromatic N) is 1. The Bertz CT molecular complexity index is 1970. The molecule has 2 aliphatic heterocycles. The van der Waals surface area contributed by atoms with E-state index in [1.54, 1.807) is 13.1 Å². The summed E-state index contributed by atoms with van der Waals surface area (Å²) >= 11 is 0. The van der Waals surface area contributed by atoms with Crippen LogP contribution in [-0.4, -0.2) is 109 Å². The van der Waals surface area contributed by atoms with E-state index >= 15 is 0 Å². The number of H-pyrrole nitrogens is 1. The SMILES string of the molecule is CC(CC(=O)O[C@@H]1C[C@@H]2C(=O)N[C@@H](Cc3ccccc3)C(=O)N[C@H](Cc3c[nH]c4ccccc34)C(=O)N[C@@H](Cc3ccccc3)C(=O)N2C1)OCCCOCCN. The summed E-state index contributed by atoms with van der Waals surface area (Å²) in [5, 5.41) is 9.66. The van der Waals surface area contributed by atoms with Crippen LogP contribution in [0, 0.1) is 0 Å². The van der Waals surface area contributed by atoms with E-state index in [0.717, 1.165) is 27.6 Å². The van der Waals surface area contributed by atoms with E-state index in [4.69, 9.17) is 19.9 Å². The minimum Gasteiger partial charge on any atom is -0.460 e. The first-order valence-electron chi connectivity index (χ1n) is 19.6. The number of carbonyl (C=O) groups is 5. The number of carbonyl (C=O) groups excluding carboxylic acids is 5. The Morgan fingerprint density at radius 2 is 1.39 bits per heavy atom. The first kappa shape index (κ1) is 41.1. The highest BCUT2D eigenvalue weighted by Gasteiger charge is 2.45. The summed E-state index contributed by atoms with van der Waals surface area (Å²) in [4.78, 5) is 75.3. The van der Waals surface area contributed by atoms with Crippen LogP contribution in [0.15, 0.2) is 91.1 Å². The Morgan fingerprint density at radius 1 is 0.772 bits per heavy atom. The number of aromatic amines is 1. The molecule has 14 nitrogen and oxygen atoms in total. The number of nitrogens with one attached hydrogen (secondary N) is 4. The summed E-state index contributed by atoms with van der Waals surface area (Å²) in [6.07, 6.45) is 1.54. The molecule has 6 rings (SSSR count). The van der Waals surface area contributed by atoms with Gasteiger partial charge in [-0.3, -0.25) is 24.0 Å². The largest absolute Gasteiger partial charge is 0.460 e. The van der Waals surface area contributed by atoms with Crippen molar-refractivity contribution in [3.63, 3.8) is 0 Å². The third-order valence-electron chi connectivity index (χ3n) is 10.2. The standard InChI is InChI=1S/C43H52N6O8/c1-28(56-19-10-18-55-20-17-44)21-39(50)57-32-25-38-42(53)47-35(22-29-11-4-2-5-12-29)40(51)46-36(24-31-26-45-34-16-9-8-15-33(31)34)41(52)48-37(43(54)49(38)27-32)23-30-13-6-3-7-14-30/h2-9,11-16,26,28,32,35-38,45H,10,17-25,27,44H2,1H3,(H,46,51)(H,47,53)(H,48,52)/t28?,32-,35+,36-,37+,38-/m1/s1. The highest BCUT2D eigenvalue weighted by Crippen LogP contribution is 2.25. The molecule has 14 heteroatoms. The summed E-state index contributed by atoms with van der Waals surface area (Å²) in [5.74, 6) is -2.70. The second kappa shape index (κ2) is 20.0. The minimum atomic E-state index is -1.10. The lowest BCUT2D eigenvalue weighted by Gasteiger charge is -2.32. The molecule has 4 amide bonds. The van der Waals surface area contributed by atoms with E-state index in [9.17, 15) is 24.0 Å². The van der Waals surface area contributed by atoms with Crippen molar-refractivity contribution in [3.05, 3.63) is 108 Å². The topological polar surface area (TPSA) is 194 Å². The first-order chi connectivity index (χ1) is 27.7. The second-order valence-electron chi connectivity index (χ2n) is 14.6.